The van der Waals surface area contributed by atoms with Crippen molar-refractivity contribution in [2.24, 2.45) is 0 Å². The first kappa shape index (κ1) is 10.5. The zero-order valence-corrected chi connectivity index (χ0v) is 10.3. The Morgan fingerprint density at radius 2 is 2.00 bits per heavy atom. The van der Waals surface area contributed by atoms with Crippen LogP contribution in [-0.4, -0.2) is 34.8 Å². The number of aromatic amines is 1. The molecule has 6 nitrogen and oxygen atoms in total. The Hall–Kier alpha value is -1.02. The standard InChI is InChI=1S/C7H7BrN4O2S/c1-3-4-5(8)11-12-6(4)10-7(9-3)15(2,13)14/h1-2H3,(H,9,10,11,12). The summed E-state index contributed by atoms with van der Waals surface area (Å²) in [6, 6.07) is 0. The van der Waals surface area contributed by atoms with Gasteiger partial charge in [0.2, 0.25) is 15.0 Å². The Kier molecular flexibility index (Phi) is 2.27. The number of nitrogens with zero attached hydrogens (tertiary/aromatic N) is 3. The molecule has 0 saturated heterocycles. The van der Waals surface area contributed by atoms with Gasteiger partial charge in [0, 0.05) is 6.26 Å². The summed E-state index contributed by atoms with van der Waals surface area (Å²) in [5, 5.41) is 7.03. The molecule has 0 atom stereocenters. The molecule has 0 aliphatic rings. The lowest BCUT2D eigenvalue weighted by Crippen LogP contribution is -2.05. The van der Waals surface area contributed by atoms with Crippen LogP contribution < -0.4 is 0 Å². The number of fused-ring (bicyclic) bond motifs is 1. The van der Waals surface area contributed by atoms with Crippen LogP contribution >= 0.6 is 15.9 Å². The molecule has 0 bridgehead atoms. The molecule has 2 heterocycles. The van der Waals surface area contributed by atoms with E-state index in [2.05, 4.69) is 36.1 Å². The number of hydrogen-bond acceptors (Lipinski definition) is 5. The second-order valence-electron chi connectivity index (χ2n) is 3.10. The number of aryl methyl sites for hydroxylation is 1. The molecule has 0 spiro atoms. The Labute approximate surface area is 94.2 Å². The highest BCUT2D eigenvalue weighted by Gasteiger charge is 2.16. The van der Waals surface area contributed by atoms with E-state index in [0.717, 1.165) is 6.26 Å². The molecule has 0 radical (unpaired) electrons. The minimum absolute atomic E-state index is 0.202. The van der Waals surface area contributed by atoms with Crippen molar-refractivity contribution in [2.75, 3.05) is 6.26 Å². The fourth-order valence-corrected chi connectivity index (χ4v) is 2.30. The van der Waals surface area contributed by atoms with Gasteiger partial charge in [-0.15, -0.1) is 0 Å². The summed E-state index contributed by atoms with van der Waals surface area (Å²) in [6.07, 6.45) is 1.06. The van der Waals surface area contributed by atoms with Crippen molar-refractivity contribution in [3.05, 3.63) is 10.3 Å². The van der Waals surface area contributed by atoms with E-state index in [0.29, 0.717) is 21.3 Å². The fourth-order valence-electron chi connectivity index (χ4n) is 1.19. The topological polar surface area (TPSA) is 88.6 Å². The molecule has 8 heteroatoms. The third-order valence-electron chi connectivity index (χ3n) is 1.86. The Morgan fingerprint density at radius 3 is 2.60 bits per heavy atom. The van der Waals surface area contributed by atoms with Crippen LogP contribution in [-0.2, 0) is 9.84 Å². The molecule has 1 N–H and O–H groups in total. The predicted octanol–water partition coefficient (Wildman–Crippen LogP) is 0.827. The molecule has 2 aromatic rings. The molecule has 0 fully saturated rings. The molecule has 0 aliphatic heterocycles. The highest BCUT2D eigenvalue weighted by atomic mass is 79.9. The zero-order valence-electron chi connectivity index (χ0n) is 7.94. The second-order valence-corrected chi connectivity index (χ2v) is 5.80. The summed E-state index contributed by atoms with van der Waals surface area (Å²) in [6.45, 7) is 1.71. The van der Waals surface area contributed by atoms with E-state index in [4.69, 9.17) is 0 Å². The van der Waals surface area contributed by atoms with Crippen LogP contribution in [0.4, 0.5) is 0 Å². The highest BCUT2D eigenvalue weighted by molar-refractivity contribution is 9.10. The molecule has 15 heavy (non-hydrogen) atoms. The molecule has 0 aliphatic carbocycles. The minimum Gasteiger partial charge on any atom is -0.269 e. The normalized spacial score (nSPS) is 12.2. The number of rotatable bonds is 1. The van der Waals surface area contributed by atoms with Crippen LogP contribution in [0.5, 0.6) is 0 Å². The van der Waals surface area contributed by atoms with Gasteiger partial charge < -0.3 is 0 Å². The van der Waals surface area contributed by atoms with Gasteiger partial charge in [-0.3, -0.25) is 5.10 Å². The lowest BCUT2D eigenvalue weighted by molar-refractivity contribution is 0.593. The highest BCUT2D eigenvalue weighted by Crippen LogP contribution is 2.22. The monoisotopic (exact) mass is 290 g/mol. The third kappa shape index (κ3) is 1.74. The summed E-state index contributed by atoms with van der Waals surface area (Å²) in [7, 11) is -3.40. The minimum atomic E-state index is -3.40. The second kappa shape index (κ2) is 3.24. The summed E-state index contributed by atoms with van der Waals surface area (Å²) >= 11 is 3.25. The van der Waals surface area contributed by atoms with Gasteiger partial charge in [-0.05, 0) is 22.9 Å². The van der Waals surface area contributed by atoms with E-state index >= 15 is 0 Å². The molecule has 2 aromatic heterocycles. The number of aromatic nitrogens is 4. The van der Waals surface area contributed by atoms with Gasteiger partial charge in [0.1, 0.15) is 4.60 Å². The lowest BCUT2D eigenvalue weighted by Gasteiger charge is -1.99. The van der Waals surface area contributed by atoms with Gasteiger partial charge in [-0.2, -0.15) is 10.1 Å². The van der Waals surface area contributed by atoms with E-state index in [9.17, 15) is 8.42 Å². The average Bonchev–Trinajstić information content (AvgIpc) is 2.46. The number of nitrogens with one attached hydrogen (secondary N) is 1. The SMILES string of the molecule is Cc1nc(S(C)(=O)=O)nc2n[nH]c(Br)c12. The first-order valence-electron chi connectivity index (χ1n) is 3.98. The smallest absolute Gasteiger partial charge is 0.249 e. The lowest BCUT2D eigenvalue weighted by atomic mass is 10.3. The molecule has 0 saturated carbocycles. The van der Waals surface area contributed by atoms with E-state index < -0.39 is 9.84 Å². The van der Waals surface area contributed by atoms with Crippen LogP contribution in [0.2, 0.25) is 0 Å². The van der Waals surface area contributed by atoms with Crippen LogP contribution in [0.1, 0.15) is 5.69 Å². The molecule has 2 rings (SSSR count). The maximum absolute atomic E-state index is 11.3. The molecule has 80 valence electrons. The van der Waals surface area contributed by atoms with E-state index in [1.807, 2.05) is 0 Å². The van der Waals surface area contributed by atoms with Crippen molar-refractivity contribution >= 4 is 36.8 Å². The molecule has 0 unspecified atom stereocenters. The summed E-state index contributed by atoms with van der Waals surface area (Å²) in [4.78, 5) is 7.77. The van der Waals surface area contributed by atoms with Crippen molar-refractivity contribution in [1.82, 2.24) is 20.2 Å². The summed E-state index contributed by atoms with van der Waals surface area (Å²) in [5.41, 5.74) is 0.913. The van der Waals surface area contributed by atoms with E-state index in [1.165, 1.54) is 0 Å². The zero-order chi connectivity index (χ0) is 11.2. The van der Waals surface area contributed by atoms with Crippen molar-refractivity contribution < 1.29 is 8.42 Å². The van der Waals surface area contributed by atoms with Crippen LogP contribution in [0.3, 0.4) is 0 Å². The van der Waals surface area contributed by atoms with Gasteiger partial charge >= 0.3 is 0 Å². The van der Waals surface area contributed by atoms with Crippen LogP contribution in [0, 0.1) is 6.92 Å². The number of halogens is 1. The molecular weight excluding hydrogens is 284 g/mol. The van der Waals surface area contributed by atoms with Crippen molar-refractivity contribution in [3.8, 4) is 0 Å². The maximum atomic E-state index is 11.3. The van der Waals surface area contributed by atoms with Gasteiger partial charge in [0.05, 0.1) is 11.1 Å². The molecule has 0 aromatic carbocycles. The van der Waals surface area contributed by atoms with E-state index in [1.54, 1.807) is 6.92 Å². The Balaban J connectivity index is 2.86. The van der Waals surface area contributed by atoms with Crippen molar-refractivity contribution in [2.45, 2.75) is 12.1 Å². The Morgan fingerprint density at radius 1 is 1.33 bits per heavy atom. The fraction of sp³-hybridized carbons (Fsp3) is 0.286. The summed E-state index contributed by atoms with van der Waals surface area (Å²) in [5.74, 6) is 0. The van der Waals surface area contributed by atoms with Gasteiger partial charge in [-0.1, -0.05) is 0 Å². The molecule has 0 amide bonds. The molecular formula is C7H7BrN4O2S. The van der Waals surface area contributed by atoms with E-state index in [-0.39, 0.29) is 5.16 Å². The Bertz CT molecular complexity index is 634. The van der Waals surface area contributed by atoms with Crippen molar-refractivity contribution in [3.63, 3.8) is 0 Å². The third-order valence-corrected chi connectivity index (χ3v) is 3.28. The van der Waals surface area contributed by atoms with Crippen molar-refractivity contribution in [1.29, 1.82) is 0 Å². The van der Waals surface area contributed by atoms with Gasteiger partial charge in [0.25, 0.3) is 0 Å². The number of H-pyrrole nitrogens is 1. The maximum Gasteiger partial charge on any atom is 0.249 e. The first-order chi connectivity index (χ1) is 6.89. The largest absolute Gasteiger partial charge is 0.269 e. The quantitative estimate of drug-likeness (QED) is 0.786. The average molecular weight is 291 g/mol. The van der Waals surface area contributed by atoms with Crippen LogP contribution in [0.25, 0.3) is 11.0 Å². The first-order valence-corrected chi connectivity index (χ1v) is 6.66. The number of hydrogen-bond donors (Lipinski definition) is 1. The van der Waals surface area contributed by atoms with Crippen LogP contribution in [0.15, 0.2) is 9.76 Å². The van der Waals surface area contributed by atoms with Gasteiger partial charge in [-0.25, -0.2) is 13.4 Å². The predicted molar refractivity (Wildman–Crippen MR) is 57.2 cm³/mol. The van der Waals surface area contributed by atoms with Gasteiger partial charge in [0.15, 0.2) is 5.65 Å². The summed E-state index contributed by atoms with van der Waals surface area (Å²) < 4.78 is 23.2. The number of sulfone groups is 1.